The minimum atomic E-state index is 0.0669. The number of ether oxygens (including phenoxy) is 1. The smallest absolute Gasteiger partial charge is 0.125 e. The van der Waals surface area contributed by atoms with E-state index in [9.17, 15) is 0 Å². The van der Waals surface area contributed by atoms with E-state index in [1.165, 1.54) is 16.7 Å². The van der Waals surface area contributed by atoms with Gasteiger partial charge < -0.3 is 4.74 Å². The van der Waals surface area contributed by atoms with Crippen LogP contribution in [-0.2, 0) is 24.8 Å². The molecule has 0 bridgehead atoms. The molecule has 2 rings (SSSR count). The summed E-state index contributed by atoms with van der Waals surface area (Å²) in [4.78, 5) is 0. The fraction of sp³-hybridized carbons (Fsp3) is 0.556. The van der Waals surface area contributed by atoms with Crippen molar-refractivity contribution in [1.29, 1.82) is 0 Å². The first kappa shape index (κ1) is 16.5. The molecule has 0 saturated heterocycles. The number of aromatic nitrogens is 3. The molecule has 0 unspecified atom stereocenters. The highest BCUT2D eigenvalue weighted by molar-refractivity contribution is 5.48. The Morgan fingerprint density at radius 3 is 2.45 bits per heavy atom. The van der Waals surface area contributed by atoms with Gasteiger partial charge in [0.05, 0.1) is 12.8 Å². The molecule has 4 heteroatoms. The molecule has 0 spiro atoms. The van der Waals surface area contributed by atoms with E-state index in [2.05, 4.69) is 57.1 Å². The summed E-state index contributed by atoms with van der Waals surface area (Å²) in [7, 11) is 1.76. The summed E-state index contributed by atoms with van der Waals surface area (Å²) < 4.78 is 7.60. The Labute approximate surface area is 133 Å². The van der Waals surface area contributed by atoms with Crippen LogP contribution in [0.3, 0.4) is 0 Å². The molecule has 0 fully saturated rings. The van der Waals surface area contributed by atoms with E-state index in [0.29, 0.717) is 0 Å². The molecule has 22 heavy (non-hydrogen) atoms. The van der Waals surface area contributed by atoms with Gasteiger partial charge >= 0.3 is 0 Å². The van der Waals surface area contributed by atoms with Crippen LogP contribution in [0.1, 0.15) is 50.1 Å². The molecule has 0 aliphatic rings. The summed E-state index contributed by atoms with van der Waals surface area (Å²) in [6.07, 6.45) is 3.81. The standard InChI is InChI=1S/C18H27N3O/c1-7-21-12-15(19-20-21)9-8-14-10-13(2)11-16(17(14)22-6)18(3,4)5/h10-12H,7-9H2,1-6H3. The normalized spacial score (nSPS) is 11.7. The SMILES string of the molecule is CCn1cc(CCc2cc(C)cc(C(C)(C)C)c2OC)nn1. The first-order valence-corrected chi connectivity index (χ1v) is 7.92. The van der Waals surface area contributed by atoms with Crippen molar-refractivity contribution in [3.63, 3.8) is 0 Å². The molecule has 0 radical (unpaired) electrons. The van der Waals surface area contributed by atoms with Gasteiger partial charge in [-0.1, -0.05) is 43.7 Å². The third-order valence-electron chi connectivity index (χ3n) is 3.88. The molecular weight excluding hydrogens is 274 g/mol. The van der Waals surface area contributed by atoms with Crippen LogP contribution in [0.25, 0.3) is 0 Å². The minimum Gasteiger partial charge on any atom is -0.496 e. The van der Waals surface area contributed by atoms with Crippen LogP contribution < -0.4 is 4.74 Å². The van der Waals surface area contributed by atoms with Crippen LogP contribution in [0.15, 0.2) is 18.3 Å². The molecule has 4 nitrogen and oxygen atoms in total. The van der Waals surface area contributed by atoms with Crippen LogP contribution in [0.5, 0.6) is 5.75 Å². The number of methoxy groups -OCH3 is 1. The number of rotatable bonds is 5. The van der Waals surface area contributed by atoms with Gasteiger partial charge in [0.2, 0.25) is 0 Å². The Morgan fingerprint density at radius 1 is 1.18 bits per heavy atom. The van der Waals surface area contributed by atoms with Gasteiger partial charge in [-0.15, -0.1) is 5.10 Å². The predicted molar refractivity (Wildman–Crippen MR) is 89.5 cm³/mol. The third kappa shape index (κ3) is 3.67. The van der Waals surface area contributed by atoms with Crippen LogP contribution in [0.2, 0.25) is 0 Å². The average molecular weight is 301 g/mol. The monoisotopic (exact) mass is 301 g/mol. The van der Waals surface area contributed by atoms with E-state index in [0.717, 1.165) is 30.8 Å². The lowest BCUT2D eigenvalue weighted by Crippen LogP contribution is -2.14. The average Bonchev–Trinajstić information content (AvgIpc) is 2.91. The zero-order chi connectivity index (χ0) is 16.3. The molecular formula is C18H27N3O. The zero-order valence-electron chi connectivity index (χ0n) is 14.6. The summed E-state index contributed by atoms with van der Waals surface area (Å²) in [6.45, 7) is 11.7. The summed E-state index contributed by atoms with van der Waals surface area (Å²) in [5.41, 5.74) is 4.89. The van der Waals surface area contributed by atoms with Gasteiger partial charge in [-0.05, 0) is 37.7 Å². The van der Waals surface area contributed by atoms with E-state index in [1.54, 1.807) is 7.11 Å². The van der Waals surface area contributed by atoms with Gasteiger partial charge in [-0.25, -0.2) is 0 Å². The third-order valence-corrected chi connectivity index (χ3v) is 3.88. The molecule has 0 atom stereocenters. The van der Waals surface area contributed by atoms with Crippen molar-refractivity contribution in [2.45, 2.75) is 59.4 Å². The first-order chi connectivity index (χ1) is 10.3. The fourth-order valence-corrected chi connectivity index (χ4v) is 2.70. The maximum absolute atomic E-state index is 5.73. The van der Waals surface area contributed by atoms with Gasteiger partial charge in [0.1, 0.15) is 5.75 Å². The lowest BCUT2D eigenvalue weighted by Gasteiger charge is -2.25. The van der Waals surface area contributed by atoms with Crippen molar-refractivity contribution in [3.05, 3.63) is 40.7 Å². The Balaban J connectivity index is 2.28. The second-order valence-corrected chi connectivity index (χ2v) is 6.82. The quantitative estimate of drug-likeness (QED) is 0.845. The molecule has 0 aliphatic heterocycles. The van der Waals surface area contributed by atoms with Gasteiger partial charge in [0, 0.05) is 18.3 Å². The molecule has 1 heterocycles. The first-order valence-electron chi connectivity index (χ1n) is 7.92. The summed E-state index contributed by atoms with van der Waals surface area (Å²) in [5.74, 6) is 1.01. The molecule has 0 N–H and O–H groups in total. The van der Waals surface area contributed by atoms with Crippen LogP contribution in [0, 0.1) is 6.92 Å². The van der Waals surface area contributed by atoms with Crippen molar-refractivity contribution < 1.29 is 4.74 Å². The molecule has 0 amide bonds. The van der Waals surface area contributed by atoms with Crippen LogP contribution in [0.4, 0.5) is 0 Å². The molecule has 1 aromatic carbocycles. The van der Waals surface area contributed by atoms with E-state index < -0.39 is 0 Å². The van der Waals surface area contributed by atoms with Gasteiger partial charge in [0.25, 0.3) is 0 Å². The minimum absolute atomic E-state index is 0.0669. The topological polar surface area (TPSA) is 39.9 Å². The summed E-state index contributed by atoms with van der Waals surface area (Å²) in [6, 6.07) is 4.45. The van der Waals surface area contributed by atoms with Crippen molar-refractivity contribution in [3.8, 4) is 5.75 Å². The van der Waals surface area contributed by atoms with E-state index >= 15 is 0 Å². The van der Waals surface area contributed by atoms with Crippen molar-refractivity contribution >= 4 is 0 Å². The number of nitrogens with zero attached hydrogens (tertiary/aromatic N) is 3. The van der Waals surface area contributed by atoms with Crippen LogP contribution in [-0.4, -0.2) is 22.1 Å². The molecule has 0 saturated carbocycles. The Kier molecular flexibility index (Phi) is 4.89. The number of hydrogen-bond donors (Lipinski definition) is 0. The fourth-order valence-electron chi connectivity index (χ4n) is 2.70. The lowest BCUT2D eigenvalue weighted by atomic mass is 9.83. The van der Waals surface area contributed by atoms with E-state index in [-0.39, 0.29) is 5.41 Å². The molecule has 120 valence electrons. The predicted octanol–water partition coefficient (Wildman–Crippen LogP) is 3.70. The van der Waals surface area contributed by atoms with Gasteiger partial charge in [0.15, 0.2) is 0 Å². The largest absolute Gasteiger partial charge is 0.496 e. The van der Waals surface area contributed by atoms with Crippen molar-refractivity contribution in [2.75, 3.05) is 7.11 Å². The molecule has 2 aromatic rings. The van der Waals surface area contributed by atoms with E-state index in [1.807, 2.05) is 10.9 Å². The Bertz CT molecular complexity index is 638. The number of hydrogen-bond acceptors (Lipinski definition) is 3. The molecule has 1 aromatic heterocycles. The van der Waals surface area contributed by atoms with Crippen molar-refractivity contribution in [2.24, 2.45) is 0 Å². The maximum atomic E-state index is 5.73. The second-order valence-electron chi connectivity index (χ2n) is 6.82. The van der Waals surface area contributed by atoms with Crippen LogP contribution >= 0.6 is 0 Å². The highest BCUT2D eigenvalue weighted by Crippen LogP contribution is 2.35. The summed E-state index contributed by atoms with van der Waals surface area (Å²) >= 11 is 0. The van der Waals surface area contributed by atoms with Gasteiger partial charge in [-0.2, -0.15) is 0 Å². The van der Waals surface area contributed by atoms with E-state index in [4.69, 9.17) is 4.74 Å². The maximum Gasteiger partial charge on any atom is 0.125 e. The number of aryl methyl sites for hydroxylation is 4. The number of benzene rings is 1. The molecule has 0 aliphatic carbocycles. The Morgan fingerprint density at radius 2 is 1.91 bits per heavy atom. The highest BCUT2D eigenvalue weighted by Gasteiger charge is 2.21. The van der Waals surface area contributed by atoms with Gasteiger partial charge in [-0.3, -0.25) is 4.68 Å². The zero-order valence-corrected chi connectivity index (χ0v) is 14.6. The Hall–Kier alpha value is -1.84. The summed E-state index contributed by atoms with van der Waals surface area (Å²) in [5, 5.41) is 8.32. The highest BCUT2D eigenvalue weighted by atomic mass is 16.5. The second kappa shape index (κ2) is 6.51. The lowest BCUT2D eigenvalue weighted by molar-refractivity contribution is 0.392. The van der Waals surface area contributed by atoms with Crippen molar-refractivity contribution in [1.82, 2.24) is 15.0 Å².